The highest BCUT2D eigenvalue weighted by Crippen LogP contribution is 2.17. The molecule has 0 radical (unpaired) electrons. The lowest BCUT2D eigenvalue weighted by atomic mass is 10.2. The third-order valence-electron chi connectivity index (χ3n) is 0.999. The fraction of sp³-hybridized carbons (Fsp3) is 1.00. The monoisotopic (exact) mass is 280 g/mol. The summed E-state index contributed by atoms with van der Waals surface area (Å²) in [5.74, 6) is 0.676. The fourth-order valence-corrected chi connectivity index (χ4v) is 3.67. The highest BCUT2D eigenvalue weighted by Gasteiger charge is 1.99. The van der Waals surface area contributed by atoms with Crippen molar-refractivity contribution in [2.45, 2.75) is 20.3 Å². The predicted molar refractivity (Wildman–Crippen MR) is 71.4 cm³/mol. The van der Waals surface area contributed by atoms with Crippen LogP contribution in [-0.4, -0.2) is 6.61 Å². The van der Waals surface area contributed by atoms with Gasteiger partial charge in [0.05, 0.1) is 17.7 Å². The molecule has 2 atom stereocenters. The number of rotatable bonds is 6. The van der Waals surface area contributed by atoms with Crippen LogP contribution >= 0.6 is 22.7 Å². The molecule has 0 saturated heterocycles. The zero-order chi connectivity index (χ0) is 9.56. The number of thiol groups is 1. The van der Waals surface area contributed by atoms with Crippen molar-refractivity contribution < 1.29 is 4.18 Å². The van der Waals surface area contributed by atoms with Gasteiger partial charge in [-0.25, -0.2) is 0 Å². The minimum atomic E-state index is -0.416. The summed E-state index contributed by atoms with van der Waals surface area (Å²) < 4.78 is 5.28. The molecule has 0 amide bonds. The molecule has 7 heteroatoms. The lowest BCUT2D eigenvalue weighted by molar-refractivity contribution is 0.339. The molecule has 0 heterocycles. The van der Waals surface area contributed by atoms with Gasteiger partial charge in [-0.1, -0.05) is 25.5 Å². The van der Waals surface area contributed by atoms with Crippen molar-refractivity contribution >= 4 is 60.1 Å². The third kappa shape index (κ3) is 8.40. The molecule has 0 aromatic carbocycles. The van der Waals surface area contributed by atoms with Crippen LogP contribution in [0, 0.1) is 5.92 Å². The predicted octanol–water partition coefficient (Wildman–Crippen LogP) is 2.53. The fourth-order valence-electron chi connectivity index (χ4n) is 0.381. The first-order chi connectivity index (χ1) is 5.54. The molecule has 1 nitrogen and oxygen atoms in total. The Labute approximate surface area is 96.4 Å². The van der Waals surface area contributed by atoms with Crippen LogP contribution in [0.4, 0.5) is 0 Å². The lowest BCUT2D eigenvalue weighted by Crippen LogP contribution is -1.95. The summed E-state index contributed by atoms with van der Waals surface area (Å²) in [6, 6.07) is 0. The van der Waals surface area contributed by atoms with Crippen molar-refractivity contribution in [3.05, 3.63) is 0 Å². The highest BCUT2D eigenvalue weighted by molar-refractivity contribution is 9.26. The first-order valence-electron chi connectivity index (χ1n) is 3.37. The Hall–Kier alpha value is 1.80. The van der Waals surface area contributed by atoms with Gasteiger partial charge >= 0.3 is 0 Å². The minimum Gasteiger partial charge on any atom is -0.304 e. The van der Waals surface area contributed by atoms with Gasteiger partial charge in [-0.2, -0.15) is 0 Å². The minimum absolute atomic E-state index is 0.352. The van der Waals surface area contributed by atoms with E-state index in [0.717, 1.165) is 13.0 Å². The van der Waals surface area contributed by atoms with Gasteiger partial charge < -0.3 is 4.18 Å². The van der Waals surface area contributed by atoms with Crippen LogP contribution in [0.15, 0.2) is 0 Å². The zero-order valence-corrected chi connectivity index (χ0v) is 11.9. The summed E-state index contributed by atoms with van der Waals surface area (Å²) in [5, 5.41) is 0. The van der Waals surface area contributed by atoms with Gasteiger partial charge in [0.2, 0.25) is 0 Å². The van der Waals surface area contributed by atoms with Gasteiger partial charge in [-0.15, -0.1) is 0 Å². The molecule has 0 rings (SSSR count). The maximum atomic E-state index is 5.28. The molecule has 2 unspecified atom stereocenters. The molecule has 0 aliphatic carbocycles. The number of hydrogen-bond donors (Lipinski definition) is 1. The van der Waals surface area contributed by atoms with E-state index >= 15 is 0 Å². The smallest absolute Gasteiger partial charge is 0.0786 e. The number of hydrogen-bond acceptors (Lipinski definition) is 4. The second-order valence-electron chi connectivity index (χ2n) is 2.49. The summed E-state index contributed by atoms with van der Waals surface area (Å²) >= 11 is 15.3. The molecule has 0 spiro atoms. The van der Waals surface area contributed by atoms with Crippen molar-refractivity contribution in [2.75, 3.05) is 6.61 Å². The van der Waals surface area contributed by atoms with Crippen LogP contribution in [0.3, 0.4) is 0 Å². The summed E-state index contributed by atoms with van der Waals surface area (Å²) in [5.41, 5.74) is 0. The van der Waals surface area contributed by atoms with E-state index in [0.29, 0.717) is 5.92 Å². The zero-order valence-electron chi connectivity index (χ0n) is 6.89. The van der Waals surface area contributed by atoms with Crippen LogP contribution in [0.2, 0.25) is 0 Å². The topological polar surface area (TPSA) is 9.23 Å². The first kappa shape index (κ1) is 13.8. The summed E-state index contributed by atoms with van der Waals surface area (Å²) in [7, 11) is -0.768. The lowest BCUT2D eigenvalue weighted by Gasteiger charge is -2.04. The average molecular weight is 281 g/mol. The molecule has 0 aromatic rings. The molecule has 0 fully saturated rings. The van der Waals surface area contributed by atoms with Crippen molar-refractivity contribution in [1.82, 2.24) is 0 Å². The quantitative estimate of drug-likeness (QED) is 0.346. The van der Waals surface area contributed by atoms with Crippen molar-refractivity contribution in [3.63, 3.8) is 0 Å². The van der Waals surface area contributed by atoms with E-state index in [9.17, 15) is 0 Å². The molecule has 12 heavy (non-hydrogen) atoms. The van der Waals surface area contributed by atoms with E-state index in [1.54, 1.807) is 0 Å². The van der Waals surface area contributed by atoms with Crippen LogP contribution < -0.4 is 0 Å². The Morgan fingerprint density at radius 3 is 2.50 bits per heavy atom. The third-order valence-corrected chi connectivity index (χ3v) is 12.3. The van der Waals surface area contributed by atoms with Gasteiger partial charge in [0, 0.05) is 15.0 Å². The van der Waals surface area contributed by atoms with Crippen molar-refractivity contribution in [3.8, 4) is 0 Å². The van der Waals surface area contributed by atoms with Crippen LogP contribution in [0.5, 0.6) is 0 Å². The highest BCUT2D eigenvalue weighted by atomic mass is 33.9. The van der Waals surface area contributed by atoms with E-state index in [4.69, 9.17) is 26.6 Å². The van der Waals surface area contributed by atoms with E-state index in [2.05, 4.69) is 25.5 Å². The molecule has 0 aliphatic heterocycles. The molecule has 0 aliphatic rings. The van der Waals surface area contributed by atoms with Crippen LogP contribution in [0.1, 0.15) is 20.3 Å². The summed E-state index contributed by atoms with van der Waals surface area (Å²) in [6.45, 7) is 5.08. The van der Waals surface area contributed by atoms with Crippen LogP contribution in [0.25, 0.3) is 0 Å². The standard InChI is InChI=1S/C5H12OS6/c1-5(2)3-4-6-10-12(9)11(7)8/h5H,3-4H2,1-2H3,(H,7,8). The van der Waals surface area contributed by atoms with Crippen molar-refractivity contribution in [2.24, 2.45) is 5.92 Å². The van der Waals surface area contributed by atoms with E-state index in [1.165, 1.54) is 11.1 Å². The van der Waals surface area contributed by atoms with Gasteiger partial charge in [0.1, 0.15) is 0 Å². The SMILES string of the molecule is CC(C)CCOSS(=S)S(=S)S. The first-order valence-corrected chi connectivity index (χ1v) is 10.5. The Bertz CT molecular complexity index is 167. The molecule has 74 valence electrons. The molecule has 0 saturated carbocycles. The van der Waals surface area contributed by atoms with Gasteiger partial charge in [-0.05, 0) is 34.7 Å². The molecule has 0 N–H and O–H groups in total. The normalized spacial score (nSPS) is 16.3. The Morgan fingerprint density at radius 1 is 1.50 bits per heavy atom. The maximum Gasteiger partial charge on any atom is 0.0786 e. The van der Waals surface area contributed by atoms with E-state index in [-0.39, 0.29) is 7.52 Å². The molecular formula is C5H12OS6. The average Bonchev–Trinajstić information content (AvgIpc) is 1.97. The largest absolute Gasteiger partial charge is 0.304 e. The van der Waals surface area contributed by atoms with E-state index in [1.807, 2.05) is 0 Å². The van der Waals surface area contributed by atoms with E-state index < -0.39 is 7.52 Å². The maximum absolute atomic E-state index is 5.28. The molecular weight excluding hydrogens is 268 g/mol. The molecule has 0 bridgehead atoms. The Balaban J connectivity index is 3.32. The second-order valence-corrected chi connectivity index (χ2v) is 14.2. The van der Waals surface area contributed by atoms with Gasteiger partial charge in [-0.3, -0.25) is 0 Å². The van der Waals surface area contributed by atoms with Crippen molar-refractivity contribution in [1.29, 1.82) is 0 Å². The van der Waals surface area contributed by atoms with Gasteiger partial charge in [0.15, 0.2) is 0 Å². The van der Waals surface area contributed by atoms with Gasteiger partial charge in [0.25, 0.3) is 0 Å². The Kier molecular flexibility index (Phi) is 9.36. The Morgan fingerprint density at radius 2 is 2.08 bits per heavy atom. The second kappa shape index (κ2) is 8.14. The summed E-state index contributed by atoms with van der Waals surface area (Å²) in [6.07, 6.45) is 1.07. The summed E-state index contributed by atoms with van der Waals surface area (Å²) in [4.78, 5) is 0. The molecule has 0 aromatic heterocycles. The van der Waals surface area contributed by atoms with Crippen LogP contribution in [-0.2, 0) is 41.6 Å².